The van der Waals surface area contributed by atoms with Crippen LogP contribution in [0.4, 0.5) is 0 Å². The van der Waals surface area contributed by atoms with Gasteiger partial charge in [-0.15, -0.1) is 0 Å². The molecule has 0 saturated heterocycles. The van der Waals surface area contributed by atoms with Crippen LogP contribution in [0.25, 0.3) is 0 Å². The van der Waals surface area contributed by atoms with Crippen LogP contribution in [-0.4, -0.2) is 30.8 Å². The van der Waals surface area contributed by atoms with Gasteiger partial charge in [0, 0.05) is 13.1 Å². The maximum atomic E-state index is 11.3. The van der Waals surface area contributed by atoms with Crippen molar-refractivity contribution < 1.29 is 14.6 Å². The summed E-state index contributed by atoms with van der Waals surface area (Å²) in [5.74, 6) is 0.144. The van der Waals surface area contributed by atoms with Gasteiger partial charge in [0.25, 0.3) is 0 Å². The summed E-state index contributed by atoms with van der Waals surface area (Å²) >= 11 is 0. The molecular weight excluding hydrogens is 254 g/mol. The Morgan fingerprint density at radius 2 is 2.00 bits per heavy atom. The van der Waals surface area contributed by atoms with Gasteiger partial charge in [0.15, 0.2) is 0 Å². The van der Waals surface area contributed by atoms with Crippen LogP contribution >= 0.6 is 0 Å². The van der Waals surface area contributed by atoms with Gasteiger partial charge < -0.3 is 15.2 Å². The molecule has 1 unspecified atom stereocenters. The van der Waals surface area contributed by atoms with Crippen LogP contribution in [0, 0.1) is 5.92 Å². The molecule has 1 aromatic carbocycles. The van der Waals surface area contributed by atoms with Gasteiger partial charge in [0.05, 0.1) is 18.8 Å². The number of aliphatic hydroxyl groups excluding tert-OH is 1. The van der Waals surface area contributed by atoms with Gasteiger partial charge in [-0.05, 0) is 36.5 Å². The van der Waals surface area contributed by atoms with E-state index in [1.807, 2.05) is 12.1 Å². The summed E-state index contributed by atoms with van der Waals surface area (Å²) < 4.78 is 4.66. The van der Waals surface area contributed by atoms with Crippen LogP contribution in [0.3, 0.4) is 0 Å². The summed E-state index contributed by atoms with van der Waals surface area (Å²) in [5, 5.41) is 13.3. The lowest BCUT2D eigenvalue weighted by atomic mass is 10.0. The molecule has 4 heteroatoms. The Morgan fingerprint density at radius 1 is 1.35 bits per heavy atom. The highest BCUT2D eigenvalue weighted by Crippen LogP contribution is 2.27. The smallest absolute Gasteiger partial charge is 0.337 e. The van der Waals surface area contributed by atoms with E-state index in [1.54, 1.807) is 12.1 Å². The Bertz CT molecular complexity index is 424. The second-order valence-electron chi connectivity index (χ2n) is 5.43. The third kappa shape index (κ3) is 4.05. The summed E-state index contributed by atoms with van der Waals surface area (Å²) in [6, 6.07) is 7.33. The maximum Gasteiger partial charge on any atom is 0.337 e. The SMILES string of the molecule is COC(=O)c1ccc(CNCC(O)C2CCCC2)cc1. The number of benzene rings is 1. The lowest BCUT2D eigenvalue weighted by molar-refractivity contribution is 0.0600. The quantitative estimate of drug-likeness (QED) is 0.782. The minimum atomic E-state index is -0.318. The standard InChI is InChI=1S/C16H23NO3/c1-20-16(19)14-8-6-12(7-9-14)10-17-11-15(18)13-4-2-3-5-13/h6-9,13,15,17-18H,2-5,10-11H2,1H3. The third-order valence-corrected chi connectivity index (χ3v) is 4.00. The normalized spacial score (nSPS) is 17.1. The first-order valence-corrected chi connectivity index (χ1v) is 7.26. The molecule has 1 aliphatic rings. The number of hydrogen-bond acceptors (Lipinski definition) is 4. The topological polar surface area (TPSA) is 58.6 Å². The van der Waals surface area contributed by atoms with Crippen LogP contribution in [-0.2, 0) is 11.3 Å². The van der Waals surface area contributed by atoms with Crippen molar-refractivity contribution in [2.24, 2.45) is 5.92 Å². The van der Waals surface area contributed by atoms with E-state index in [1.165, 1.54) is 20.0 Å². The van der Waals surface area contributed by atoms with Crippen molar-refractivity contribution in [3.8, 4) is 0 Å². The molecular formula is C16H23NO3. The fraction of sp³-hybridized carbons (Fsp3) is 0.562. The van der Waals surface area contributed by atoms with E-state index in [0.29, 0.717) is 24.6 Å². The number of rotatable bonds is 6. The molecule has 0 spiro atoms. The first-order chi connectivity index (χ1) is 9.70. The lowest BCUT2D eigenvalue weighted by Crippen LogP contribution is -2.31. The first-order valence-electron chi connectivity index (χ1n) is 7.26. The Hall–Kier alpha value is -1.39. The fourth-order valence-corrected chi connectivity index (χ4v) is 2.75. The van der Waals surface area contributed by atoms with E-state index in [-0.39, 0.29) is 12.1 Å². The fourth-order valence-electron chi connectivity index (χ4n) is 2.75. The molecule has 0 heterocycles. The molecule has 1 fully saturated rings. The number of carbonyl (C=O) groups is 1. The summed E-state index contributed by atoms with van der Waals surface area (Å²) in [4.78, 5) is 11.3. The molecule has 1 saturated carbocycles. The Morgan fingerprint density at radius 3 is 2.60 bits per heavy atom. The molecule has 20 heavy (non-hydrogen) atoms. The Balaban J connectivity index is 1.75. The van der Waals surface area contributed by atoms with Crippen molar-refractivity contribution in [3.05, 3.63) is 35.4 Å². The van der Waals surface area contributed by atoms with E-state index in [0.717, 1.165) is 18.4 Å². The number of methoxy groups -OCH3 is 1. The molecule has 1 aromatic rings. The van der Waals surface area contributed by atoms with Gasteiger partial charge in [-0.2, -0.15) is 0 Å². The minimum absolute atomic E-state index is 0.244. The Labute approximate surface area is 120 Å². The van der Waals surface area contributed by atoms with Crippen LogP contribution < -0.4 is 5.32 Å². The summed E-state index contributed by atoms with van der Waals surface area (Å²) in [6.45, 7) is 1.33. The zero-order valence-electron chi connectivity index (χ0n) is 12.0. The van der Waals surface area contributed by atoms with Crippen LogP contribution in [0.15, 0.2) is 24.3 Å². The van der Waals surface area contributed by atoms with Gasteiger partial charge in [0.2, 0.25) is 0 Å². The summed E-state index contributed by atoms with van der Waals surface area (Å²) in [7, 11) is 1.38. The summed E-state index contributed by atoms with van der Waals surface area (Å²) in [5.41, 5.74) is 1.65. The third-order valence-electron chi connectivity index (χ3n) is 4.00. The van der Waals surface area contributed by atoms with Crippen molar-refractivity contribution in [2.45, 2.75) is 38.3 Å². The van der Waals surface area contributed by atoms with Crippen molar-refractivity contribution >= 4 is 5.97 Å². The van der Waals surface area contributed by atoms with E-state index < -0.39 is 0 Å². The molecule has 0 amide bonds. The Kier molecular flexibility index (Phi) is 5.56. The second-order valence-corrected chi connectivity index (χ2v) is 5.43. The van der Waals surface area contributed by atoms with Gasteiger partial charge in [-0.1, -0.05) is 25.0 Å². The number of aliphatic hydroxyl groups is 1. The lowest BCUT2D eigenvalue weighted by Gasteiger charge is -2.18. The highest BCUT2D eigenvalue weighted by atomic mass is 16.5. The molecule has 2 N–H and O–H groups in total. The molecule has 1 aliphatic carbocycles. The number of esters is 1. The van der Waals surface area contributed by atoms with Gasteiger partial charge in [-0.3, -0.25) is 0 Å². The number of carbonyl (C=O) groups excluding carboxylic acids is 1. The average Bonchev–Trinajstić information content (AvgIpc) is 3.01. The van der Waals surface area contributed by atoms with Crippen molar-refractivity contribution in [3.63, 3.8) is 0 Å². The van der Waals surface area contributed by atoms with Gasteiger partial charge in [0.1, 0.15) is 0 Å². The van der Waals surface area contributed by atoms with Crippen LogP contribution in [0.2, 0.25) is 0 Å². The van der Waals surface area contributed by atoms with Crippen molar-refractivity contribution in [1.82, 2.24) is 5.32 Å². The molecule has 110 valence electrons. The number of nitrogens with one attached hydrogen (secondary N) is 1. The van der Waals surface area contributed by atoms with E-state index in [2.05, 4.69) is 10.1 Å². The van der Waals surface area contributed by atoms with Gasteiger partial charge >= 0.3 is 5.97 Å². The minimum Gasteiger partial charge on any atom is -0.465 e. The molecule has 0 bridgehead atoms. The molecule has 0 radical (unpaired) electrons. The number of ether oxygens (including phenoxy) is 1. The largest absolute Gasteiger partial charge is 0.465 e. The van der Waals surface area contributed by atoms with E-state index in [4.69, 9.17) is 0 Å². The van der Waals surface area contributed by atoms with Crippen molar-refractivity contribution in [2.75, 3.05) is 13.7 Å². The highest BCUT2D eigenvalue weighted by molar-refractivity contribution is 5.89. The zero-order valence-corrected chi connectivity index (χ0v) is 12.0. The molecule has 0 aromatic heterocycles. The first kappa shape index (κ1) is 15.0. The zero-order chi connectivity index (χ0) is 14.4. The number of hydrogen-bond donors (Lipinski definition) is 2. The van der Waals surface area contributed by atoms with Crippen LogP contribution in [0.1, 0.15) is 41.6 Å². The average molecular weight is 277 g/mol. The molecule has 4 nitrogen and oxygen atoms in total. The van der Waals surface area contributed by atoms with Crippen molar-refractivity contribution in [1.29, 1.82) is 0 Å². The molecule has 1 atom stereocenters. The molecule has 2 rings (SSSR count). The highest BCUT2D eigenvalue weighted by Gasteiger charge is 2.22. The maximum absolute atomic E-state index is 11.3. The van der Waals surface area contributed by atoms with Crippen LogP contribution in [0.5, 0.6) is 0 Å². The van der Waals surface area contributed by atoms with Gasteiger partial charge in [-0.25, -0.2) is 4.79 Å². The van der Waals surface area contributed by atoms with E-state index in [9.17, 15) is 9.90 Å². The predicted octanol–water partition coefficient (Wildman–Crippen LogP) is 2.11. The monoisotopic (exact) mass is 277 g/mol. The van der Waals surface area contributed by atoms with E-state index >= 15 is 0 Å². The predicted molar refractivity (Wildman–Crippen MR) is 77.5 cm³/mol. The summed E-state index contributed by atoms with van der Waals surface area (Å²) in [6.07, 6.45) is 4.55. The second kappa shape index (κ2) is 7.41. The molecule has 0 aliphatic heterocycles.